The standard InChI is InChI=1S/C21H20F6N4O2S2/c1-2-3-4-17-13-30(35(32,33)21(25,26)27)10-14-9-15(20(22,23)24)5-6-18(14)31(17)12-16-11-29-7-8-34-19(29)28-16/h2,5-9,11,17H,1,3-4,10,12-13H2. The number of aromatic nitrogens is 2. The fourth-order valence-corrected chi connectivity index (χ4v) is 5.77. The highest BCUT2D eigenvalue weighted by molar-refractivity contribution is 7.89. The highest BCUT2D eigenvalue weighted by Gasteiger charge is 2.51. The van der Waals surface area contributed by atoms with E-state index in [-0.39, 0.29) is 28.5 Å². The summed E-state index contributed by atoms with van der Waals surface area (Å²) in [6.07, 6.45) is 0.873. The Morgan fingerprint density at radius 1 is 1.20 bits per heavy atom. The lowest BCUT2D eigenvalue weighted by atomic mass is 10.0. The summed E-state index contributed by atoms with van der Waals surface area (Å²) < 4.78 is 107. The SMILES string of the molecule is C=CCCC1CN(S(=O)(=O)C(F)(F)F)Cc2cc(C(F)(F)F)ccc2N1Cc1cn2ccsc2n1. The molecule has 1 aromatic carbocycles. The Kier molecular flexibility index (Phi) is 6.66. The Labute approximate surface area is 201 Å². The highest BCUT2D eigenvalue weighted by atomic mass is 32.2. The lowest BCUT2D eigenvalue weighted by molar-refractivity contribution is -0.137. The van der Waals surface area contributed by atoms with Crippen molar-refractivity contribution in [1.82, 2.24) is 13.7 Å². The minimum Gasteiger partial charge on any atom is -0.361 e. The lowest BCUT2D eigenvalue weighted by Gasteiger charge is -2.33. The molecule has 2 aromatic heterocycles. The largest absolute Gasteiger partial charge is 0.511 e. The first-order valence-corrected chi connectivity index (χ1v) is 12.7. The molecule has 0 N–H and O–H groups in total. The first-order chi connectivity index (χ1) is 16.3. The molecular formula is C21H20F6N4O2S2. The van der Waals surface area contributed by atoms with Gasteiger partial charge in [0.2, 0.25) is 0 Å². The van der Waals surface area contributed by atoms with Gasteiger partial charge in [-0.3, -0.25) is 4.40 Å². The average Bonchev–Trinajstić information content (AvgIpc) is 3.30. The Morgan fingerprint density at radius 2 is 1.94 bits per heavy atom. The van der Waals surface area contributed by atoms with E-state index >= 15 is 0 Å². The number of benzene rings is 1. The summed E-state index contributed by atoms with van der Waals surface area (Å²) in [5, 5.41) is 1.82. The summed E-state index contributed by atoms with van der Waals surface area (Å²) in [5.41, 5.74) is -6.08. The third-order valence-electron chi connectivity index (χ3n) is 5.73. The number of hydrogen-bond acceptors (Lipinski definition) is 5. The van der Waals surface area contributed by atoms with Crippen LogP contribution in [0.25, 0.3) is 4.96 Å². The van der Waals surface area contributed by atoms with Crippen LogP contribution in [-0.4, -0.2) is 40.2 Å². The quantitative estimate of drug-likeness (QED) is 0.311. The second kappa shape index (κ2) is 9.13. The van der Waals surface area contributed by atoms with Crippen molar-refractivity contribution in [3.05, 3.63) is 65.4 Å². The topological polar surface area (TPSA) is 57.9 Å². The first-order valence-electron chi connectivity index (χ1n) is 10.4. The normalized spacial score (nSPS) is 18.0. The number of halogens is 6. The van der Waals surface area contributed by atoms with E-state index in [0.29, 0.717) is 23.1 Å². The van der Waals surface area contributed by atoms with Crippen LogP contribution in [0, 0.1) is 0 Å². The molecule has 0 radical (unpaired) electrons. The van der Waals surface area contributed by atoms with Gasteiger partial charge in [-0.1, -0.05) is 6.08 Å². The molecule has 0 saturated heterocycles. The minimum absolute atomic E-state index is 0.0640. The monoisotopic (exact) mass is 538 g/mol. The van der Waals surface area contributed by atoms with Gasteiger partial charge in [0, 0.05) is 42.6 Å². The number of fused-ring (bicyclic) bond motifs is 2. The van der Waals surface area contributed by atoms with Crippen LogP contribution in [0.15, 0.2) is 48.6 Å². The molecule has 190 valence electrons. The zero-order valence-electron chi connectivity index (χ0n) is 18.1. The van der Waals surface area contributed by atoms with Gasteiger partial charge in [0.25, 0.3) is 0 Å². The van der Waals surface area contributed by atoms with Crippen LogP contribution in [0.4, 0.5) is 32.0 Å². The van der Waals surface area contributed by atoms with Gasteiger partial charge in [-0.25, -0.2) is 13.4 Å². The number of thiazole rings is 1. The summed E-state index contributed by atoms with van der Waals surface area (Å²) in [6, 6.07) is 1.96. The van der Waals surface area contributed by atoms with Crippen LogP contribution in [0.3, 0.4) is 0 Å². The summed E-state index contributed by atoms with van der Waals surface area (Å²) in [4.78, 5) is 6.79. The highest BCUT2D eigenvalue weighted by Crippen LogP contribution is 2.39. The van der Waals surface area contributed by atoms with Crippen LogP contribution in [0.5, 0.6) is 0 Å². The van der Waals surface area contributed by atoms with Crippen molar-refractivity contribution < 1.29 is 34.8 Å². The van der Waals surface area contributed by atoms with Crippen LogP contribution in [-0.2, 0) is 29.3 Å². The summed E-state index contributed by atoms with van der Waals surface area (Å²) in [7, 11) is -5.80. The Morgan fingerprint density at radius 3 is 2.57 bits per heavy atom. The number of anilines is 1. The van der Waals surface area contributed by atoms with Crippen LogP contribution >= 0.6 is 11.3 Å². The number of sulfonamides is 1. The maximum absolute atomic E-state index is 13.4. The van der Waals surface area contributed by atoms with Crippen molar-refractivity contribution in [3.8, 4) is 0 Å². The average molecular weight is 539 g/mol. The molecule has 1 atom stereocenters. The summed E-state index contributed by atoms with van der Waals surface area (Å²) >= 11 is 1.37. The molecule has 3 aromatic rings. The molecule has 1 aliphatic heterocycles. The molecule has 1 unspecified atom stereocenters. The van der Waals surface area contributed by atoms with Crippen molar-refractivity contribution in [2.45, 2.75) is 43.7 Å². The van der Waals surface area contributed by atoms with Crippen molar-refractivity contribution in [1.29, 1.82) is 0 Å². The summed E-state index contributed by atoms with van der Waals surface area (Å²) in [5.74, 6) is 0. The van der Waals surface area contributed by atoms with Crippen molar-refractivity contribution in [2.24, 2.45) is 0 Å². The zero-order valence-corrected chi connectivity index (χ0v) is 19.7. The second-order valence-electron chi connectivity index (χ2n) is 8.06. The number of hydrogen-bond donors (Lipinski definition) is 0. The predicted molar refractivity (Wildman–Crippen MR) is 119 cm³/mol. The van der Waals surface area contributed by atoms with Gasteiger partial charge >= 0.3 is 21.7 Å². The third-order valence-corrected chi connectivity index (χ3v) is 8.04. The molecule has 0 fully saturated rings. The minimum atomic E-state index is -5.80. The van der Waals surface area contributed by atoms with E-state index in [4.69, 9.17) is 0 Å². The van der Waals surface area contributed by atoms with E-state index < -0.39 is 46.4 Å². The number of imidazole rings is 1. The van der Waals surface area contributed by atoms with Gasteiger partial charge in [0.1, 0.15) is 0 Å². The van der Waals surface area contributed by atoms with E-state index in [1.54, 1.807) is 27.8 Å². The maximum atomic E-state index is 13.4. The molecule has 0 saturated carbocycles. The fourth-order valence-electron chi connectivity index (χ4n) is 4.08. The van der Waals surface area contributed by atoms with Crippen molar-refractivity contribution in [3.63, 3.8) is 0 Å². The zero-order chi connectivity index (χ0) is 25.6. The number of alkyl halides is 6. The second-order valence-corrected chi connectivity index (χ2v) is 10.9. The Balaban J connectivity index is 1.84. The molecule has 0 bridgehead atoms. The molecule has 3 heterocycles. The molecule has 0 aliphatic carbocycles. The van der Waals surface area contributed by atoms with E-state index in [2.05, 4.69) is 11.6 Å². The van der Waals surface area contributed by atoms with Crippen molar-refractivity contribution >= 4 is 32.0 Å². The van der Waals surface area contributed by atoms with Crippen LogP contribution in [0.2, 0.25) is 0 Å². The molecule has 4 rings (SSSR count). The molecule has 6 nitrogen and oxygen atoms in total. The van der Waals surface area contributed by atoms with Gasteiger partial charge in [-0.15, -0.1) is 17.9 Å². The maximum Gasteiger partial charge on any atom is 0.511 e. The predicted octanol–water partition coefficient (Wildman–Crippen LogP) is 5.42. The molecule has 35 heavy (non-hydrogen) atoms. The Bertz CT molecular complexity index is 1300. The molecule has 0 amide bonds. The number of allylic oxidation sites excluding steroid dienone is 1. The smallest absolute Gasteiger partial charge is 0.361 e. The van der Waals surface area contributed by atoms with Gasteiger partial charge in [-0.2, -0.15) is 30.6 Å². The van der Waals surface area contributed by atoms with E-state index in [0.717, 1.165) is 6.07 Å². The first kappa shape index (κ1) is 25.5. The molecular weight excluding hydrogens is 518 g/mol. The van der Waals surface area contributed by atoms with E-state index in [1.165, 1.54) is 17.4 Å². The van der Waals surface area contributed by atoms with Gasteiger partial charge in [-0.05, 0) is 36.6 Å². The van der Waals surface area contributed by atoms with Crippen molar-refractivity contribution in [2.75, 3.05) is 11.4 Å². The molecule has 0 spiro atoms. The van der Waals surface area contributed by atoms with Gasteiger partial charge in [0.05, 0.1) is 17.8 Å². The third kappa shape index (κ3) is 5.05. The van der Waals surface area contributed by atoms with Crippen LogP contribution < -0.4 is 4.90 Å². The van der Waals surface area contributed by atoms with E-state index in [1.807, 2.05) is 5.38 Å². The molecule has 1 aliphatic rings. The number of nitrogens with zero attached hydrogens (tertiary/aromatic N) is 4. The fraction of sp³-hybridized carbons (Fsp3) is 0.381. The van der Waals surface area contributed by atoms with Gasteiger partial charge < -0.3 is 4.90 Å². The summed E-state index contributed by atoms with van der Waals surface area (Å²) in [6.45, 7) is 2.28. The van der Waals surface area contributed by atoms with E-state index in [9.17, 15) is 34.8 Å². The van der Waals surface area contributed by atoms with Gasteiger partial charge in [0.15, 0.2) is 4.96 Å². The molecule has 14 heteroatoms. The Hall–Kier alpha value is -2.58. The van der Waals surface area contributed by atoms with Crippen LogP contribution in [0.1, 0.15) is 29.7 Å². The lowest BCUT2D eigenvalue weighted by Crippen LogP contribution is -2.46. The number of rotatable bonds is 6.